The summed E-state index contributed by atoms with van der Waals surface area (Å²) >= 11 is 0. The number of hydrogen-bond donors (Lipinski definition) is 1. The van der Waals surface area contributed by atoms with Crippen molar-refractivity contribution < 1.29 is 23.3 Å². The fraction of sp³-hybridized carbons (Fsp3) is 0.381. The van der Waals surface area contributed by atoms with Crippen molar-refractivity contribution in [2.24, 2.45) is 0 Å². The lowest BCUT2D eigenvalue weighted by molar-refractivity contribution is -0.118. The number of aryl methyl sites for hydroxylation is 1. The van der Waals surface area contributed by atoms with Crippen LogP contribution < -0.4 is 14.8 Å². The smallest absolute Gasteiger partial charge is 0.239 e. The van der Waals surface area contributed by atoms with Crippen LogP contribution in [0.15, 0.2) is 33.3 Å². The van der Waals surface area contributed by atoms with Crippen LogP contribution in [0.2, 0.25) is 0 Å². The first kappa shape index (κ1) is 16.6. The Morgan fingerprint density at radius 2 is 1.86 bits per heavy atom. The van der Waals surface area contributed by atoms with Crippen LogP contribution in [0.3, 0.4) is 0 Å². The molecule has 1 N–H and O–H groups in total. The molecule has 1 fully saturated rings. The van der Waals surface area contributed by atoms with E-state index in [9.17, 15) is 4.79 Å². The number of fused-ring (bicyclic) bond motifs is 2. The lowest BCUT2D eigenvalue weighted by Gasteiger charge is -2.13. The molecule has 1 amide bonds. The molecular weight excluding hydrogens is 374 g/mol. The molecule has 3 aromatic rings. The molecular formula is C21H19N3O5. The summed E-state index contributed by atoms with van der Waals surface area (Å²) in [6.07, 6.45) is 5.44. The summed E-state index contributed by atoms with van der Waals surface area (Å²) < 4.78 is 21.7. The zero-order valence-corrected chi connectivity index (χ0v) is 15.7. The summed E-state index contributed by atoms with van der Waals surface area (Å²) in [6, 6.07) is 7.41. The van der Waals surface area contributed by atoms with Crippen molar-refractivity contribution in [1.82, 2.24) is 10.3 Å². The Balaban J connectivity index is 1.25. The number of ether oxygens (including phenoxy) is 2. The molecule has 0 atom stereocenters. The third-order valence-electron chi connectivity index (χ3n) is 6.03. The molecule has 3 aliphatic rings. The van der Waals surface area contributed by atoms with Gasteiger partial charge in [0.1, 0.15) is 0 Å². The number of nitrogens with one attached hydrogen (secondary N) is 1. The van der Waals surface area contributed by atoms with Crippen molar-refractivity contribution in [1.29, 1.82) is 0 Å². The largest absolute Gasteiger partial charge is 0.454 e. The van der Waals surface area contributed by atoms with Gasteiger partial charge >= 0.3 is 0 Å². The first-order valence-electron chi connectivity index (χ1n) is 9.89. The average molecular weight is 393 g/mol. The predicted octanol–water partition coefficient (Wildman–Crippen LogP) is 3.61. The molecule has 3 heterocycles. The maximum atomic E-state index is 13.1. The number of anilines is 1. The predicted molar refractivity (Wildman–Crippen MR) is 101 cm³/mol. The second-order valence-corrected chi connectivity index (χ2v) is 7.82. The highest BCUT2D eigenvalue weighted by Gasteiger charge is 2.54. The zero-order chi connectivity index (χ0) is 19.4. The second kappa shape index (κ2) is 6.10. The van der Waals surface area contributed by atoms with Gasteiger partial charge in [0.2, 0.25) is 18.6 Å². The monoisotopic (exact) mass is 393 g/mol. The highest BCUT2D eigenvalue weighted by molar-refractivity contribution is 6.00. The molecule has 1 aromatic carbocycles. The van der Waals surface area contributed by atoms with Crippen LogP contribution in [-0.4, -0.2) is 23.0 Å². The summed E-state index contributed by atoms with van der Waals surface area (Å²) in [7, 11) is 0. The molecule has 0 radical (unpaired) electrons. The Morgan fingerprint density at radius 3 is 2.76 bits per heavy atom. The Bertz CT molecular complexity index is 1110. The van der Waals surface area contributed by atoms with Gasteiger partial charge in [0.15, 0.2) is 17.3 Å². The van der Waals surface area contributed by atoms with E-state index in [0.717, 1.165) is 55.3 Å². The van der Waals surface area contributed by atoms with E-state index in [-0.39, 0.29) is 12.7 Å². The number of nitrogens with zero attached hydrogens (tertiary/aromatic N) is 2. The molecule has 1 saturated carbocycles. The minimum absolute atomic E-state index is 0.118. The molecule has 1 aliphatic heterocycles. The maximum absolute atomic E-state index is 13.1. The van der Waals surface area contributed by atoms with Crippen LogP contribution in [0.1, 0.15) is 42.6 Å². The first-order valence-corrected chi connectivity index (χ1v) is 9.89. The molecule has 8 heteroatoms. The quantitative estimate of drug-likeness (QED) is 0.723. The van der Waals surface area contributed by atoms with Gasteiger partial charge in [0.05, 0.1) is 16.8 Å². The normalized spacial score (nSPS) is 18.3. The highest BCUT2D eigenvalue weighted by Crippen LogP contribution is 2.49. The van der Waals surface area contributed by atoms with Crippen LogP contribution in [0.5, 0.6) is 11.5 Å². The summed E-state index contributed by atoms with van der Waals surface area (Å²) in [4.78, 5) is 13.1. The zero-order valence-electron chi connectivity index (χ0n) is 15.7. The first-order chi connectivity index (χ1) is 14.2. The summed E-state index contributed by atoms with van der Waals surface area (Å²) in [5.41, 5.74) is 2.78. The number of benzene rings is 1. The van der Waals surface area contributed by atoms with Crippen molar-refractivity contribution in [3.8, 4) is 22.8 Å². The number of rotatable bonds is 4. The van der Waals surface area contributed by atoms with E-state index in [1.165, 1.54) is 0 Å². The minimum atomic E-state index is -0.674. The van der Waals surface area contributed by atoms with Gasteiger partial charge in [-0.05, 0) is 56.7 Å². The van der Waals surface area contributed by atoms with E-state index in [1.807, 2.05) is 24.3 Å². The van der Waals surface area contributed by atoms with Crippen molar-refractivity contribution in [2.45, 2.75) is 43.9 Å². The van der Waals surface area contributed by atoms with Gasteiger partial charge in [-0.1, -0.05) is 10.3 Å². The molecule has 8 nitrogen and oxygen atoms in total. The average Bonchev–Trinajstić information content (AvgIpc) is 3.12. The van der Waals surface area contributed by atoms with Gasteiger partial charge in [-0.25, -0.2) is 0 Å². The van der Waals surface area contributed by atoms with Crippen molar-refractivity contribution in [3.63, 3.8) is 0 Å². The number of hydrogen-bond acceptors (Lipinski definition) is 7. The number of aromatic nitrogens is 2. The van der Waals surface area contributed by atoms with E-state index in [4.69, 9.17) is 18.5 Å². The maximum Gasteiger partial charge on any atom is 0.239 e. The fourth-order valence-corrected chi connectivity index (χ4v) is 4.12. The van der Waals surface area contributed by atoms with E-state index >= 15 is 0 Å². The van der Waals surface area contributed by atoms with Crippen molar-refractivity contribution in [3.05, 3.63) is 41.2 Å². The standard InChI is InChI=1S/C21H19N3O5/c25-20(22-19-13-3-1-2-4-14(13)23-29-19)21(7-8-21)18-10-16(28-24-18)12-5-6-15-17(9-12)27-11-26-15/h5-6,9-10H,1-4,7-8,11H2,(H,22,25). The second-order valence-electron chi connectivity index (χ2n) is 7.82. The van der Waals surface area contributed by atoms with Gasteiger partial charge in [0, 0.05) is 17.2 Å². The fourth-order valence-electron chi connectivity index (χ4n) is 4.12. The molecule has 2 aliphatic carbocycles. The number of amides is 1. The van der Waals surface area contributed by atoms with Crippen LogP contribution in [0.25, 0.3) is 11.3 Å². The number of carbonyl (C=O) groups excluding carboxylic acids is 1. The Kier molecular flexibility index (Phi) is 3.50. The molecule has 0 bridgehead atoms. The summed E-state index contributed by atoms with van der Waals surface area (Å²) in [5, 5.41) is 11.3. The molecule has 148 valence electrons. The minimum Gasteiger partial charge on any atom is -0.454 e. The number of carbonyl (C=O) groups is 1. The van der Waals surface area contributed by atoms with Crippen LogP contribution in [-0.2, 0) is 23.1 Å². The Morgan fingerprint density at radius 1 is 1.00 bits per heavy atom. The lowest BCUT2D eigenvalue weighted by atomic mass is 9.97. The van der Waals surface area contributed by atoms with Crippen molar-refractivity contribution >= 4 is 11.8 Å². The van der Waals surface area contributed by atoms with Crippen LogP contribution in [0, 0.1) is 0 Å². The highest BCUT2D eigenvalue weighted by atomic mass is 16.7. The van der Waals surface area contributed by atoms with Gasteiger partial charge in [0.25, 0.3) is 0 Å². The van der Waals surface area contributed by atoms with Gasteiger partial charge in [-0.2, -0.15) is 0 Å². The molecule has 6 rings (SSSR count). The molecule has 29 heavy (non-hydrogen) atoms. The van der Waals surface area contributed by atoms with E-state index < -0.39 is 5.41 Å². The summed E-state index contributed by atoms with van der Waals surface area (Å²) in [6.45, 7) is 0.217. The van der Waals surface area contributed by atoms with Crippen LogP contribution >= 0.6 is 0 Å². The Labute approximate surface area is 166 Å². The van der Waals surface area contributed by atoms with E-state index in [1.54, 1.807) is 0 Å². The molecule has 0 saturated heterocycles. The van der Waals surface area contributed by atoms with E-state index in [2.05, 4.69) is 15.6 Å². The van der Waals surface area contributed by atoms with Crippen molar-refractivity contribution in [2.75, 3.05) is 12.1 Å². The summed E-state index contributed by atoms with van der Waals surface area (Å²) in [5.74, 6) is 2.34. The molecule has 2 aromatic heterocycles. The lowest BCUT2D eigenvalue weighted by Crippen LogP contribution is -2.28. The topological polar surface area (TPSA) is 99.6 Å². The van der Waals surface area contributed by atoms with E-state index in [0.29, 0.717) is 28.8 Å². The SMILES string of the molecule is O=C(Nc1onc2c1CCCC2)C1(c2cc(-c3ccc4c(c3)OCO4)on2)CC1. The van der Waals surface area contributed by atoms with Gasteiger partial charge in [-0.3, -0.25) is 10.1 Å². The Hall–Kier alpha value is -3.29. The third-order valence-corrected chi connectivity index (χ3v) is 6.03. The van der Waals surface area contributed by atoms with Crippen LogP contribution in [0.4, 0.5) is 5.88 Å². The molecule has 0 spiro atoms. The van der Waals surface area contributed by atoms with Gasteiger partial charge < -0.3 is 18.5 Å². The van der Waals surface area contributed by atoms with Gasteiger partial charge in [-0.15, -0.1) is 0 Å². The molecule has 0 unspecified atom stereocenters. The third kappa shape index (κ3) is 2.62.